The van der Waals surface area contributed by atoms with Crippen LogP contribution in [0.5, 0.6) is 0 Å². The largest absolute Gasteiger partial charge is 0.297 e. The number of rotatable bonds is 6. The molecule has 0 saturated carbocycles. The molecule has 0 saturated heterocycles. The lowest BCUT2D eigenvalue weighted by Gasteiger charge is -2.30. The van der Waals surface area contributed by atoms with Gasteiger partial charge in [-0.05, 0) is 27.7 Å². The van der Waals surface area contributed by atoms with Gasteiger partial charge in [-0.1, -0.05) is 0 Å². The van der Waals surface area contributed by atoms with Gasteiger partial charge in [-0.3, -0.25) is 4.90 Å². The molecule has 0 aliphatic carbocycles. The summed E-state index contributed by atoms with van der Waals surface area (Å²) in [6.45, 7) is 9.69. The fourth-order valence-corrected chi connectivity index (χ4v) is 1.67. The van der Waals surface area contributed by atoms with Gasteiger partial charge in [0.25, 0.3) is 0 Å². The van der Waals surface area contributed by atoms with E-state index in [0.717, 1.165) is 6.54 Å². The second kappa shape index (κ2) is 6.34. The third-order valence-electron chi connectivity index (χ3n) is 1.94. The summed E-state index contributed by atoms with van der Waals surface area (Å²) < 4.78 is 22.9. The maximum absolute atomic E-state index is 10.2. The van der Waals surface area contributed by atoms with Crippen LogP contribution in [0.3, 0.4) is 0 Å². The van der Waals surface area contributed by atoms with Crippen LogP contribution in [0.2, 0.25) is 0 Å². The van der Waals surface area contributed by atoms with E-state index in [1.165, 1.54) is 0 Å². The van der Waals surface area contributed by atoms with Crippen LogP contribution in [0.1, 0.15) is 27.7 Å². The molecule has 0 atom stereocenters. The lowest BCUT2D eigenvalue weighted by molar-refractivity contribution is 0.179. The van der Waals surface area contributed by atoms with E-state index in [4.69, 9.17) is 0 Å². The third-order valence-corrected chi connectivity index (χ3v) is 2.42. The summed E-state index contributed by atoms with van der Waals surface area (Å²) >= 11 is 0. The topological polar surface area (TPSA) is 49.4 Å². The first-order chi connectivity index (χ1) is 5.95. The summed E-state index contributed by atoms with van der Waals surface area (Å²) in [5, 5.41) is 0. The van der Waals surface area contributed by atoms with Gasteiger partial charge in [0.1, 0.15) is 0 Å². The smallest absolute Gasteiger partial charge is 0.201 e. The molecule has 13 heavy (non-hydrogen) atoms. The van der Waals surface area contributed by atoms with E-state index in [2.05, 4.69) is 37.3 Å². The van der Waals surface area contributed by atoms with Gasteiger partial charge >= 0.3 is 0 Å². The first kappa shape index (κ1) is 12.9. The molecule has 0 unspecified atom stereocenters. The van der Waals surface area contributed by atoms with Gasteiger partial charge in [-0.2, -0.15) is 0 Å². The van der Waals surface area contributed by atoms with E-state index in [1.54, 1.807) is 0 Å². The van der Waals surface area contributed by atoms with Crippen molar-refractivity contribution in [2.75, 3.05) is 13.1 Å². The number of hydrogen-bond donors (Lipinski definition) is 2. The second-order valence-electron chi connectivity index (χ2n) is 3.59. The van der Waals surface area contributed by atoms with Crippen LogP contribution in [-0.4, -0.2) is 38.5 Å². The molecule has 80 valence electrons. The minimum absolute atomic E-state index is 0.450. The van der Waals surface area contributed by atoms with Crippen LogP contribution in [0.25, 0.3) is 0 Å². The van der Waals surface area contributed by atoms with Gasteiger partial charge < -0.3 is 0 Å². The Balaban J connectivity index is 3.83. The van der Waals surface area contributed by atoms with Crippen LogP contribution in [0, 0.1) is 0 Å². The van der Waals surface area contributed by atoms with Crippen molar-refractivity contribution in [3.63, 3.8) is 0 Å². The molecular formula is C8H20N2O2S. The average Bonchev–Trinajstić information content (AvgIpc) is 1.95. The molecule has 0 amide bonds. The van der Waals surface area contributed by atoms with E-state index in [1.807, 2.05) is 0 Å². The van der Waals surface area contributed by atoms with Crippen LogP contribution in [0.4, 0.5) is 0 Å². The van der Waals surface area contributed by atoms with E-state index in [-0.39, 0.29) is 0 Å². The molecule has 0 rings (SSSR count). The number of hydrogen-bond acceptors (Lipinski definition) is 3. The fourth-order valence-electron chi connectivity index (χ4n) is 1.38. The Morgan fingerprint density at radius 2 is 1.62 bits per heavy atom. The van der Waals surface area contributed by atoms with E-state index in [0.29, 0.717) is 18.6 Å². The highest BCUT2D eigenvalue weighted by Crippen LogP contribution is 2.02. The molecule has 0 bridgehead atoms. The number of nitrogens with one attached hydrogen (secondary N) is 1. The molecule has 0 radical (unpaired) electrons. The molecule has 0 spiro atoms. The second-order valence-corrected chi connectivity index (χ2v) is 4.42. The molecule has 1 N–H and O–H groups in total. The quantitative estimate of drug-likeness (QED) is 0.614. The summed E-state index contributed by atoms with van der Waals surface area (Å²) in [5.41, 5.74) is 0. The average molecular weight is 208 g/mol. The predicted molar refractivity (Wildman–Crippen MR) is 55.3 cm³/mol. The molecular weight excluding hydrogens is 188 g/mol. The van der Waals surface area contributed by atoms with Gasteiger partial charge in [0.2, 0.25) is 10.9 Å². The maximum atomic E-state index is 10.2. The Morgan fingerprint density at radius 3 is 1.92 bits per heavy atom. The van der Waals surface area contributed by atoms with Crippen molar-refractivity contribution in [2.24, 2.45) is 0 Å². The molecule has 0 aliphatic rings. The predicted octanol–water partition coefficient (Wildman–Crippen LogP) is 0.221. The van der Waals surface area contributed by atoms with Crippen molar-refractivity contribution in [2.45, 2.75) is 39.8 Å². The van der Waals surface area contributed by atoms with Crippen LogP contribution in [-0.2, 0) is 10.9 Å². The first-order valence-corrected chi connectivity index (χ1v) is 5.76. The molecule has 0 aromatic carbocycles. The Kier molecular flexibility index (Phi) is 6.28. The molecule has 0 aliphatic heterocycles. The maximum Gasteiger partial charge on any atom is 0.201 e. The zero-order chi connectivity index (χ0) is 10.4. The Hall–Kier alpha value is -0.130. The van der Waals surface area contributed by atoms with Crippen LogP contribution >= 0.6 is 0 Å². The van der Waals surface area contributed by atoms with Gasteiger partial charge in [0, 0.05) is 25.2 Å². The Labute approximate surface area is 82.4 Å². The van der Waals surface area contributed by atoms with Gasteiger partial charge in [-0.15, -0.1) is 0 Å². The van der Waals surface area contributed by atoms with Crippen molar-refractivity contribution in [3.05, 3.63) is 0 Å². The van der Waals surface area contributed by atoms with Crippen molar-refractivity contribution < 1.29 is 8.42 Å². The first-order valence-electron chi connectivity index (χ1n) is 4.58. The summed E-state index contributed by atoms with van der Waals surface area (Å²) in [5.74, 6) is 0. The normalized spacial score (nSPS) is 12.3. The zero-order valence-electron chi connectivity index (χ0n) is 8.78. The summed E-state index contributed by atoms with van der Waals surface area (Å²) in [6.07, 6.45) is 0. The Bertz CT molecular complexity index is 186. The van der Waals surface area contributed by atoms with Crippen molar-refractivity contribution in [3.8, 4) is 0 Å². The summed E-state index contributed by atoms with van der Waals surface area (Å²) in [6, 6.07) is 0.901. The molecule has 4 nitrogen and oxygen atoms in total. The van der Waals surface area contributed by atoms with Gasteiger partial charge in [0.05, 0.1) is 0 Å². The van der Waals surface area contributed by atoms with Crippen molar-refractivity contribution >= 4 is 10.9 Å². The van der Waals surface area contributed by atoms with Crippen molar-refractivity contribution in [1.82, 2.24) is 9.62 Å². The molecule has 0 aromatic heterocycles. The Morgan fingerprint density at radius 1 is 1.15 bits per heavy atom. The molecule has 0 heterocycles. The minimum atomic E-state index is -2.45. The highest BCUT2D eigenvalue weighted by atomic mass is 32.2. The zero-order valence-corrected chi connectivity index (χ0v) is 9.67. The SMILES string of the molecule is CC(C)N(CCN[SH](=O)=O)C(C)C. The standard InChI is InChI=1S/C8H20N2O2S/c1-7(2)10(8(3)4)6-5-9-13(11)12/h7-8,13H,5-6H2,1-4H3,(H,9,11,12). The van der Waals surface area contributed by atoms with E-state index >= 15 is 0 Å². The van der Waals surface area contributed by atoms with Gasteiger partial charge in [0.15, 0.2) is 0 Å². The van der Waals surface area contributed by atoms with E-state index in [9.17, 15) is 8.42 Å². The van der Waals surface area contributed by atoms with E-state index < -0.39 is 10.9 Å². The number of nitrogens with zero attached hydrogens (tertiary/aromatic N) is 1. The van der Waals surface area contributed by atoms with Crippen molar-refractivity contribution in [1.29, 1.82) is 0 Å². The summed E-state index contributed by atoms with van der Waals surface area (Å²) in [7, 11) is -2.45. The molecule has 5 heteroatoms. The monoisotopic (exact) mass is 208 g/mol. The highest BCUT2D eigenvalue weighted by molar-refractivity contribution is 7.70. The molecule has 0 aromatic rings. The van der Waals surface area contributed by atoms with Gasteiger partial charge in [-0.25, -0.2) is 13.1 Å². The minimum Gasteiger partial charge on any atom is -0.297 e. The third kappa shape index (κ3) is 6.01. The lowest BCUT2D eigenvalue weighted by Crippen LogP contribution is -2.41. The van der Waals surface area contributed by atoms with Crippen LogP contribution < -0.4 is 4.72 Å². The fraction of sp³-hybridized carbons (Fsp3) is 1.00. The summed E-state index contributed by atoms with van der Waals surface area (Å²) in [4.78, 5) is 2.24. The number of thiol groups is 1. The molecule has 0 fully saturated rings. The van der Waals surface area contributed by atoms with Crippen LogP contribution in [0.15, 0.2) is 0 Å². The highest BCUT2D eigenvalue weighted by Gasteiger charge is 2.11. The lowest BCUT2D eigenvalue weighted by atomic mass is 10.2.